The standard InChI is InChI=1S/C23H16ClFN2O3/c24-15-8-12-17(13-9-15)26-22(28)19-20(14-6-10-16(25)11-7-14)27(30-21(19)23(26)29)18-4-2-1-3-5-18/h1-13,19-21H/t19-,20-,21+/m0/s1. The van der Waals surface area contributed by atoms with Crippen LogP contribution in [0.2, 0.25) is 5.02 Å². The Bertz CT molecular complexity index is 1110. The summed E-state index contributed by atoms with van der Waals surface area (Å²) in [4.78, 5) is 33.7. The third kappa shape index (κ3) is 2.96. The number of carbonyl (C=O) groups excluding carboxylic acids is 2. The molecule has 0 spiro atoms. The molecule has 2 heterocycles. The van der Waals surface area contributed by atoms with Crippen molar-refractivity contribution in [2.75, 3.05) is 9.96 Å². The number of para-hydroxylation sites is 1. The van der Waals surface area contributed by atoms with Crippen LogP contribution in [0.4, 0.5) is 15.8 Å². The Hall–Kier alpha value is -3.22. The minimum Gasteiger partial charge on any atom is -0.273 e. The summed E-state index contributed by atoms with van der Waals surface area (Å²) in [5.41, 5.74) is 1.84. The highest BCUT2D eigenvalue weighted by Gasteiger charge is 2.60. The van der Waals surface area contributed by atoms with E-state index >= 15 is 0 Å². The number of imide groups is 1. The van der Waals surface area contributed by atoms with E-state index < -0.39 is 24.0 Å². The van der Waals surface area contributed by atoms with E-state index in [0.29, 0.717) is 22.0 Å². The molecule has 2 amide bonds. The fourth-order valence-electron chi connectivity index (χ4n) is 4.06. The highest BCUT2D eigenvalue weighted by molar-refractivity contribution is 6.31. The lowest BCUT2D eigenvalue weighted by Crippen LogP contribution is -2.37. The van der Waals surface area contributed by atoms with E-state index in [-0.39, 0.29) is 11.7 Å². The van der Waals surface area contributed by atoms with E-state index in [1.165, 1.54) is 12.1 Å². The van der Waals surface area contributed by atoms with Crippen molar-refractivity contribution in [1.82, 2.24) is 0 Å². The highest BCUT2D eigenvalue weighted by Crippen LogP contribution is 2.47. The predicted molar refractivity (Wildman–Crippen MR) is 110 cm³/mol. The van der Waals surface area contributed by atoms with Gasteiger partial charge >= 0.3 is 0 Å². The summed E-state index contributed by atoms with van der Waals surface area (Å²) in [5.74, 6) is -1.94. The molecular weight excluding hydrogens is 407 g/mol. The summed E-state index contributed by atoms with van der Waals surface area (Å²) in [5, 5.41) is 2.09. The molecule has 3 aromatic carbocycles. The normalized spacial score (nSPS) is 23.2. The zero-order chi connectivity index (χ0) is 20.8. The molecule has 3 atom stereocenters. The quantitative estimate of drug-likeness (QED) is 0.582. The first-order chi connectivity index (χ1) is 14.5. The van der Waals surface area contributed by atoms with Crippen molar-refractivity contribution in [1.29, 1.82) is 0 Å². The fraction of sp³-hybridized carbons (Fsp3) is 0.130. The van der Waals surface area contributed by atoms with E-state index in [9.17, 15) is 14.0 Å². The number of rotatable bonds is 3. The topological polar surface area (TPSA) is 49.9 Å². The molecule has 2 saturated heterocycles. The number of nitrogens with zero attached hydrogens (tertiary/aromatic N) is 2. The summed E-state index contributed by atoms with van der Waals surface area (Å²) in [6.45, 7) is 0. The fourth-order valence-corrected chi connectivity index (χ4v) is 4.18. The lowest BCUT2D eigenvalue weighted by atomic mass is 9.90. The maximum absolute atomic E-state index is 13.5. The average Bonchev–Trinajstić information content (AvgIpc) is 3.27. The summed E-state index contributed by atoms with van der Waals surface area (Å²) in [6.07, 6.45) is -0.969. The van der Waals surface area contributed by atoms with Crippen molar-refractivity contribution in [3.63, 3.8) is 0 Å². The smallest absolute Gasteiger partial charge is 0.266 e. The minimum atomic E-state index is -0.969. The van der Waals surface area contributed by atoms with Crippen LogP contribution >= 0.6 is 11.6 Å². The Morgan fingerprint density at radius 1 is 0.800 bits per heavy atom. The van der Waals surface area contributed by atoms with E-state index in [4.69, 9.17) is 16.4 Å². The number of hydrogen-bond acceptors (Lipinski definition) is 4. The summed E-state index contributed by atoms with van der Waals surface area (Å²) < 4.78 is 13.5. The van der Waals surface area contributed by atoms with Gasteiger partial charge in [0.2, 0.25) is 5.91 Å². The molecule has 0 aliphatic carbocycles. The first-order valence-electron chi connectivity index (χ1n) is 9.44. The van der Waals surface area contributed by atoms with Crippen LogP contribution in [0.5, 0.6) is 0 Å². The van der Waals surface area contributed by atoms with Gasteiger partial charge < -0.3 is 0 Å². The van der Waals surface area contributed by atoms with Crippen LogP contribution in [-0.2, 0) is 14.4 Å². The number of amides is 2. The number of hydrogen-bond donors (Lipinski definition) is 0. The van der Waals surface area contributed by atoms with E-state index in [2.05, 4.69) is 0 Å². The van der Waals surface area contributed by atoms with Crippen LogP contribution in [-0.4, -0.2) is 17.9 Å². The maximum atomic E-state index is 13.5. The van der Waals surface area contributed by atoms with Gasteiger partial charge in [-0.2, -0.15) is 0 Å². The number of hydroxylamine groups is 1. The molecule has 5 rings (SSSR count). The second kappa shape index (κ2) is 7.23. The Morgan fingerprint density at radius 3 is 2.13 bits per heavy atom. The Labute approximate surface area is 177 Å². The van der Waals surface area contributed by atoms with Crippen LogP contribution < -0.4 is 9.96 Å². The summed E-state index contributed by atoms with van der Waals surface area (Å²) in [6, 6.07) is 21.1. The third-order valence-electron chi connectivity index (χ3n) is 5.42. The molecular formula is C23H16ClFN2O3. The predicted octanol–water partition coefficient (Wildman–Crippen LogP) is 4.53. The van der Waals surface area contributed by atoms with Crippen molar-refractivity contribution >= 4 is 34.8 Å². The van der Waals surface area contributed by atoms with Crippen LogP contribution in [0, 0.1) is 11.7 Å². The Kier molecular flexibility index (Phi) is 4.53. The van der Waals surface area contributed by atoms with Gasteiger partial charge in [0.25, 0.3) is 5.91 Å². The van der Waals surface area contributed by atoms with Gasteiger partial charge in [-0.3, -0.25) is 14.4 Å². The van der Waals surface area contributed by atoms with Gasteiger partial charge in [0.05, 0.1) is 17.4 Å². The molecule has 2 fully saturated rings. The molecule has 0 bridgehead atoms. The van der Waals surface area contributed by atoms with Crippen LogP contribution in [0.1, 0.15) is 11.6 Å². The van der Waals surface area contributed by atoms with Gasteiger partial charge in [0.1, 0.15) is 11.7 Å². The van der Waals surface area contributed by atoms with E-state index in [1.54, 1.807) is 41.5 Å². The number of halogens is 2. The van der Waals surface area contributed by atoms with Crippen LogP contribution in [0.3, 0.4) is 0 Å². The first-order valence-corrected chi connectivity index (χ1v) is 9.82. The van der Waals surface area contributed by atoms with Gasteiger partial charge in [-0.05, 0) is 54.1 Å². The lowest BCUT2D eigenvalue weighted by Gasteiger charge is -2.28. The molecule has 0 saturated carbocycles. The molecule has 0 N–H and O–H groups in total. The second-order valence-corrected chi connectivity index (χ2v) is 7.63. The molecule has 30 heavy (non-hydrogen) atoms. The van der Waals surface area contributed by atoms with Crippen molar-refractivity contribution in [2.24, 2.45) is 5.92 Å². The van der Waals surface area contributed by atoms with Gasteiger partial charge in [0, 0.05) is 5.02 Å². The SMILES string of the molecule is O=C1[C@@H]2[C@@H](ON(c3ccccc3)[C@H]2c2ccc(F)cc2)C(=O)N1c1ccc(Cl)cc1. The van der Waals surface area contributed by atoms with Crippen molar-refractivity contribution < 1.29 is 18.8 Å². The Morgan fingerprint density at radius 2 is 1.47 bits per heavy atom. The van der Waals surface area contributed by atoms with E-state index in [0.717, 1.165) is 4.90 Å². The lowest BCUT2D eigenvalue weighted by molar-refractivity contribution is -0.126. The van der Waals surface area contributed by atoms with Gasteiger partial charge in [-0.1, -0.05) is 41.9 Å². The monoisotopic (exact) mass is 422 g/mol. The molecule has 5 nitrogen and oxygen atoms in total. The zero-order valence-corrected chi connectivity index (χ0v) is 16.4. The second-order valence-electron chi connectivity index (χ2n) is 7.20. The van der Waals surface area contributed by atoms with Gasteiger partial charge in [0.15, 0.2) is 6.10 Å². The molecule has 0 unspecified atom stereocenters. The number of carbonyl (C=O) groups is 2. The Balaban J connectivity index is 1.58. The minimum absolute atomic E-state index is 0.361. The molecule has 2 aliphatic rings. The van der Waals surface area contributed by atoms with Crippen LogP contribution in [0.15, 0.2) is 78.9 Å². The third-order valence-corrected chi connectivity index (χ3v) is 5.67. The van der Waals surface area contributed by atoms with Crippen molar-refractivity contribution in [3.8, 4) is 0 Å². The molecule has 7 heteroatoms. The zero-order valence-electron chi connectivity index (χ0n) is 15.6. The number of anilines is 2. The molecule has 0 radical (unpaired) electrons. The van der Waals surface area contributed by atoms with Crippen molar-refractivity contribution in [2.45, 2.75) is 12.1 Å². The number of fused-ring (bicyclic) bond motifs is 1. The molecule has 150 valence electrons. The number of benzene rings is 3. The molecule has 0 aromatic heterocycles. The van der Waals surface area contributed by atoms with Gasteiger partial charge in [-0.25, -0.2) is 14.4 Å². The molecule has 3 aromatic rings. The first kappa shape index (κ1) is 18.8. The van der Waals surface area contributed by atoms with E-state index in [1.807, 2.05) is 30.3 Å². The summed E-state index contributed by atoms with van der Waals surface area (Å²) in [7, 11) is 0. The maximum Gasteiger partial charge on any atom is 0.266 e. The largest absolute Gasteiger partial charge is 0.273 e. The summed E-state index contributed by atoms with van der Waals surface area (Å²) >= 11 is 5.94. The van der Waals surface area contributed by atoms with Gasteiger partial charge in [-0.15, -0.1) is 0 Å². The average molecular weight is 423 g/mol. The van der Waals surface area contributed by atoms with Crippen molar-refractivity contribution in [3.05, 3.63) is 95.3 Å². The van der Waals surface area contributed by atoms with Crippen LogP contribution in [0.25, 0.3) is 0 Å². The molecule has 2 aliphatic heterocycles. The highest BCUT2D eigenvalue weighted by atomic mass is 35.5.